The van der Waals surface area contributed by atoms with Crippen LogP contribution in [0.5, 0.6) is 0 Å². The molecule has 1 aromatic carbocycles. The molecule has 0 N–H and O–H groups in total. The van der Waals surface area contributed by atoms with Crippen molar-refractivity contribution >= 4 is 32.8 Å². The van der Waals surface area contributed by atoms with Crippen molar-refractivity contribution in [2.24, 2.45) is 0 Å². The summed E-state index contributed by atoms with van der Waals surface area (Å²) in [6, 6.07) is 2.43. The molecule has 0 unspecified atom stereocenters. The first-order valence-corrected chi connectivity index (χ1v) is 9.81. The molecule has 1 heterocycles. The van der Waals surface area contributed by atoms with Crippen LogP contribution in [0.2, 0.25) is 0 Å². The third kappa shape index (κ3) is 4.77. The second kappa shape index (κ2) is 7.38. The lowest BCUT2D eigenvalue weighted by atomic mass is 10.1. The average Bonchev–Trinajstić information content (AvgIpc) is 2.46. The van der Waals surface area contributed by atoms with Crippen molar-refractivity contribution in [2.45, 2.75) is 30.9 Å². The molecule has 2 aromatic rings. The summed E-state index contributed by atoms with van der Waals surface area (Å²) in [4.78, 5) is 12.2. The van der Waals surface area contributed by atoms with Gasteiger partial charge in [-0.2, -0.15) is 21.6 Å². The van der Waals surface area contributed by atoms with Crippen molar-refractivity contribution in [3.8, 4) is 0 Å². The van der Waals surface area contributed by atoms with Gasteiger partial charge in [-0.15, -0.1) is 0 Å². The number of rotatable bonds is 6. The van der Waals surface area contributed by atoms with Gasteiger partial charge in [0.25, 0.3) is 10.1 Å². The van der Waals surface area contributed by atoms with Crippen LogP contribution in [0.4, 0.5) is 13.2 Å². The van der Waals surface area contributed by atoms with E-state index in [1.807, 2.05) is 6.92 Å². The molecule has 0 aliphatic carbocycles. The first-order chi connectivity index (χ1) is 11.6. The summed E-state index contributed by atoms with van der Waals surface area (Å²) in [5, 5.41) is -0.119. The van der Waals surface area contributed by atoms with Gasteiger partial charge in [0.05, 0.1) is 17.6 Å². The Bertz CT molecular complexity index is 933. The Morgan fingerprint density at radius 1 is 1.20 bits per heavy atom. The molecule has 0 bridgehead atoms. The molecule has 10 heteroatoms. The first-order valence-electron chi connectivity index (χ1n) is 7.25. The lowest BCUT2D eigenvalue weighted by molar-refractivity contribution is -0.137. The van der Waals surface area contributed by atoms with E-state index in [1.54, 1.807) is 0 Å². The van der Waals surface area contributed by atoms with E-state index in [1.165, 1.54) is 18.7 Å². The maximum absolute atomic E-state index is 13.1. The molecule has 0 fully saturated rings. The molecule has 2 rings (SSSR count). The normalized spacial score (nSPS) is 12.7. The maximum Gasteiger partial charge on any atom is 0.416 e. The molecule has 0 saturated carbocycles. The highest BCUT2D eigenvalue weighted by Gasteiger charge is 2.33. The summed E-state index contributed by atoms with van der Waals surface area (Å²) < 4.78 is 73.1. The number of halogens is 3. The molecular formula is C15H15F3O5S2. The number of hydrogen-bond donors (Lipinski definition) is 0. The van der Waals surface area contributed by atoms with Crippen molar-refractivity contribution in [1.29, 1.82) is 0 Å². The molecule has 138 valence electrons. The zero-order chi connectivity index (χ0) is 18.8. The Labute approximate surface area is 146 Å². The quantitative estimate of drug-likeness (QED) is 0.546. The summed E-state index contributed by atoms with van der Waals surface area (Å²) in [5.41, 5.74) is -2.24. The predicted octanol–water partition coefficient (Wildman–Crippen LogP) is 3.79. The van der Waals surface area contributed by atoms with Crippen LogP contribution in [-0.2, 0) is 26.2 Å². The van der Waals surface area contributed by atoms with Crippen LogP contribution >= 0.6 is 11.8 Å². The zero-order valence-corrected chi connectivity index (χ0v) is 15.0. The Morgan fingerprint density at radius 2 is 1.88 bits per heavy atom. The van der Waals surface area contributed by atoms with Gasteiger partial charge >= 0.3 is 6.18 Å². The molecule has 0 saturated heterocycles. The fraction of sp³-hybridized carbons (Fsp3) is 0.400. The molecule has 0 spiro atoms. The summed E-state index contributed by atoms with van der Waals surface area (Å²) >= 11 is 1.18. The standard InChI is InChI=1S/C15H15F3O5S2/c1-3-22-25(20,21)8-9-5-10(15(16,17)18)6-11-12(19)7-13(24-4-2)23-14(9)11/h5-7H,3-4,8H2,1-2H3. The fourth-order valence-electron chi connectivity index (χ4n) is 2.20. The molecule has 0 aliphatic heterocycles. The first kappa shape index (κ1) is 19.8. The lowest BCUT2D eigenvalue weighted by Gasteiger charge is -2.12. The minimum Gasteiger partial charge on any atom is -0.449 e. The number of benzene rings is 1. The SMILES string of the molecule is CCOS(=O)(=O)Cc1cc(C(F)(F)F)cc2c(=O)cc(SCC)oc12. The van der Waals surface area contributed by atoms with Crippen LogP contribution in [0, 0.1) is 0 Å². The molecule has 0 radical (unpaired) electrons. The van der Waals surface area contributed by atoms with Crippen LogP contribution in [-0.4, -0.2) is 20.8 Å². The van der Waals surface area contributed by atoms with Crippen LogP contribution in [0.15, 0.2) is 32.5 Å². The topological polar surface area (TPSA) is 73.6 Å². The van der Waals surface area contributed by atoms with E-state index in [0.29, 0.717) is 17.9 Å². The van der Waals surface area contributed by atoms with Crippen molar-refractivity contribution in [3.05, 3.63) is 39.5 Å². The van der Waals surface area contributed by atoms with E-state index in [-0.39, 0.29) is 28.2 Å². The molecule has 0 amide bonds. The highest BCUT2D eigenvalue weighted by Crippen LogP contribution is 2.34. The minimum absolute atomic E-state index is 0.153. The summed E-state index contributed by atoms with van der Waals surface area (Å²) in [5.74, 6) is -0.258. The molecule has 25 heavy (non-hydrogen) atoms. The van der Waals surface area contributed by atoms with Crippen LogP contribution in [0.1, 0.15) is 25.0 Å². The van der Waals surface area contributed by atoms with E-state index < -0.39 is 33.0 Å². The Kier molecular flexibility index (Phi) is 5.85. The van der Waals surface area contributed by atoms with Crippen molar-refractivity contribution in [1.82, 2.24) is 0 Å². The van der Waals surface area contributed by atoms with Gasteiger partial charge < -0.3 is 4.42 Å². The molecular weight excluding hydrogens is 381 g/mol. The van der Waals surface area contributed by atoms with Gasteiger partial charge in [-0.1, -0.05) is 18.7 Å². The van der Waals surface area contributed by atoms with Gasteiger partial charge in [-0.25, -0.2) is 0 Å². The largest absolute Gasteiger partial charge is 0.449 e. The van der Waals surface area contributed by atoms with E-state index in [0.717, 1.165) is 6.07 Å². The van der Waals surface area contributed by atoms with E-state index in [2.05, 4.69) is 4.18 Å². The van der Waals surface area contributed by atoms with Gasteiger partial charge in [0.15, 0.2) is 10.5 Å². The van der Waals surface area contributed by atoms with Crippen LogP contribution < -0.4 is 5.43 Å². The molecule has 5 nitrogen and oxygen atoms in total. The second-order valence-electron chi connectivity index (χ2n) is 4.98. The fourth-order valence-corrected chi connectivity index (χ4v) is 3.86. The molecule has 1 aromatic heterocycles. The van der Waals surface area contributed by atoms with Gasteiger partial charge in [0, 0.05) is 11.6 Å². The van der Waals surface area contributed by atoms with Crippen molar-refractivity contribution < 1.29 is 30.2 Å². The highest BCUT2D eigenvalue weighted by molar-refractivity contribution is 7.99. The summed E-state index contributed by atoms with van der Waals surface area (Å²) in [6.45, 7) is 3.10. The highest BCUT2D eigenvalue weighted by atomic mass is 32.2. The Balaban J connectivity index is 2.76. The lowest BCUT2D eigenvalue weighted by Crippen LogP contribution is -2.13. The number of hydrogen-bond acceptors (Lipinski definition) is 6. The van der Waals surface area contributed by atoms with Crippen molar-refractivity contribution in [2.75, 3.05) is 12.4 Å². The smallest absolute Gasteiger partial charge is 0.416 e. The van der Waals surface area contributed by atoms with Gasteiger partial charge in [0.1, 0.15) is 11.3 Å². The van der Waals surface area contributed by atoms with E-state index in [9.17, 15) is 26.4 Å². The summed E-state index contributed by atoms with van der Waals surface area (Å²) in [7, 11) is -4.11. The average molecular weight is 396 g/mol. The van der Waals surface area contributed by atoms with Crippen LogP contribution in [0.25, 0.3) is 11.0 Å². The molecule has 0 aliphatic rings. The van der Waals surface area contributed by atoms with Gasteiger partial charge in [-0.05, 0) is 24.8 Å². The van der Waals surface area contributed by atoms with Gasteiger partial charge in [0.2, 0.25) is 0 Å². The van der Waals surface area contributed by atoms with E-state index in [4.69, 9.17) is 4.42 Å². The number of thioether (sulfide) groups is 1. The summed E-state index contributed by atoms with van der Waals surface area (Å²) in [6.07, 6.45) is -4.73. The maximum atomic E-state index is 13.1. The predicted molar refractivity (Wildman–Crippen MR) is 88.1 cm³/mol. The number of alkyl halides is 3. The number of fused-ring (bicyclic) bond motifs is 1. The third-order valence-electron chi connectivity index (χ3n) is 3.13. The van der Waals surface area contributed by atoms with Crippen molar-refractivity contribution in [3.63, 3.8) is 0 Å². The van der Waals surface area contributed by atoms with E-state index >= 15 is 0 Å². The Morgan fingerprint density at radius 3 is 2.44 bits per heavy atom. The minimum atomic E-state index is -4.73. The zero-order valence-electron chi connectivity index (χ0n) is 13.3. The Hall–Kier alpha value is -1.52. The second-order valence-corrected chi connectivity index (χ2v) is 7.89. The molecule has 0 atom stereocenters. The van der Waals surface area contributed by atoms with Crippen LogP contribution in [0.3, 0.4) is 0 Å². The third-order valence-corrected chi connectivity index (χ3v) is 5.16. The monoisotopic (exact) mass is 396 g/mol. The van der Waals surface area contributed by atoms with Gasteiger partial charge in [-0.3, -0.25) is 8.98 Å².